The molecule has 1 saturated carbocycles. The van der Waals surface area contributed by atoms with Crippen LogP contribution in [0.3, 0.4) is 0 Å². The second-order valence-electron chi connectivity index (χ2n) is 6.29. The SMILES string of the molecule is CC1(C)CCC(NC(=O)/C=C/c2ccc([N+](=O)[O-])cc2)C1. The molecule has 1 N–H and O–H groups in total. The zero-order valence-electron chi connectivity index (χ0n) is 12.3. The molecule has 0 saturated heterocycles. The summed E-state index contributed by atoms with van der Waals surface area (Å²) < 4.78 is 0. The summed E-state index contributed by atoms with van der Waals surface area (Å²) in [5.74, 6) is -0.115. The average molecular weight is 288 g/mol. The van der Waals surface area contributed by atoms with Crippen LogP contribution in [-0.4, -0.2) is 16.9 Å². The fourth-order valence-electron chi connectivity index (χ4n) is 2.69. The molecule has 0 spiro atoms. The maximum atomic E-state index is 11.9. The lowest BCUT2D eigenvalue weighted by Crippen LogP contribution is -2.32. The molecule has 1 atom stereocenters. The largest absolute Gasteiger partial charge is 0.350 e. The van der Waals surface area contributed by atoms with Gasteiger partial charge in [0.25, 0.3) is 5.69 Å². The van der Waals surface area contributed by atoms with Crippen molar-refractivity contribution in [3.63, 3.8) is 0 Å². The molecule has 1 aromatic rings. The maximum absolute atomic E-state index is 11.9. The molecule has 0 aliphatic heterocycles. The first-order valence-electron chi connectivity index (χ1n) is 7.09. The fourth-order valence-corrected chi connectivity index (χ4v) is 2.69. The quantitative estimate of drug-likeness (QED) is 0.525. The van der Waals surface area contributed by atoms with E-state index in [4.69, 9.17) is 0 Å². The molecule has 1 unspecified atom stereocenters. The Labute approximate surface area is 124 Å². The number of carbonyl (C=O) groups is 1. The summed E-state index contributed by atoms with van der Waals surface area (Å²) in [5, 5.41) is 13.5. The number of carbonyl (C=O) groups excluding carboxylic acids is 1. The third-order valence-corrected chi connectivity index (χ3v) is 3.85. The highest BCUT2D eigenvalue weighted by molar-refractivity contribution is 5.91. The number of hydrogen-bond donors (Lipinski definition) is 1. The molecular weight excluding hydrogens is 268 g/mol. The summed E-state index contributed by atoms with van der Waals surface area (Å²) >= 11 is 0. The molecule has 1 amide bonds. The van der Waals surface area contributed by atoms with Crippen LogP contribution in [0.5, 0.6) is 0 Å². The summed E-state index contributed by atoms with van der Waals surface area (Å²) in [7, 11) is 0. The van der Waals surface area contributed by atoms with Crippen molar-refractivity contribution in [3.8, 4) is 0 Å². The van der Waals surface area contributed by atoms with Crippen molar-refractivity contribution in [2.24, 2.45) is 5.41 Å². The van der Waals surface area contributed by atoms with Crippen molar-refractivity contribution in [1.82, 2.24) is 5.32 Å². The van der Waals surface area contributed by atoms with E-state index >= 15 is 0 Å². The van der Waals surface area contributed by atoms with Crippen LogP contribution in [0.15, 0.2) is 30.3 Å². The van der Waals surface area contributed by atoms with E-state index in [1.165, 1.54) is 18.2 Å². The molecule has 1 fully saturated rings. The van der Waals surface area contributed by atoms with Gasteiger partial charge in [0.05, 0.1) is 4.92 Å². The summed E-state index contributed by atoms with van der Waals surface area (Å²) in [6.07, 6.45) is 6.30. The van der Waals surface area contributed by atoms with E-state index in [1.54, 1.807) is 18.2 Å². The molecule has 1 aliphatic rings. The van der Waals surface area contributed by atoms with E-state index in [2.05, 4.69) is 19.2 Å². The van der Waals surface area contributed by atoms with Crippen LogP contribution in [0.1, 0.15) is 38.7 Å². The van der Waals surface area contributed by atoms with E-state index in [9.17, 15) is 14.9 Å². The Bertz CT molecular complexity index is 561. The number of nitro groups is 1. The van der Waals surface area contributed by atoms with E-state index in [-0.39, 0.29) is 17.6 Å². The number of non-ortho nitro benzene ring substituents is 1. The van der Waals surface area contributed by atoms with E-state index in [0.29, 0.717) is 5.41 Å². The third-order valence-electron chi connectivity index (χ3n) is 3.85. The second-order valence-corrected chi connectivity index (χ2v) is 6.29. The van der Waals surface area contributed by atoms with Gasteiger partial charge in [-0.15, -0.1) is 0 Å². The topological polar surface area (TPSA) is 72.2 Å². The van der Waals surface area contributed by atoms with Gasteiger partial charge >= 0.3 is 0 Å². The predicted octanol–water partition coefficient (Wildman–Crippen LogP) is 3.30. The Hall–Kier alpha value is -2.17. The highest BCUT2D eigenvalue weighted by Gasteiger charge is 2.31. The Balaban J connectivity index is 1.89. The summed E-state index contributed by atoms with van der Waals surface area (Å²) in [6.45, 7) is 4.43. The van der Waals surface area contributed by atoms with Crippen molar-refractivity contribution in [1.29, 1.82) is 0 Å². The number of rotatable bonds is 4. The van der Waals surface area contributed by atoms with E-state index < -0.39 is 4.92 Å². The lowest BCUT2D eigenvalue weighted by Gasteiger charge is -2.17. The number of nitrogens with one attached hydrogen (secondary N) is 1. The van der Waals surface area contributed by atoms with Gasteiger partial charge in [0.1, 0.15) is 0 Å². The summed E-state index contributed by atoms with van der Waals surface area (Å²) in [4.78, 5) is 22.0. The number of amides is 1. The maximum Gasteiger partial charge on any atom is 0.269 e. The van der Waals surface area contributed by atoms with Crippen LogP contribution >= 0.6 is 0 Å². The van der Waals surface area contributed by atoms with Crippen molar-refractivity contribution in [2.45, 2.75) is 39.2 Å². The number of hydrogen-bond acceptors (Lipinski definition) is 3. The van der Waals surface area contributed by atoms with Crippen molar-refractivity contribution < 1.29 is 9.72 Å². The molecule has 0 aromatic heterocycles. The summed E-state index contributed by atoms with van der Waals surface area (Å²) in [6, 6.07) is 6.35. The molecular formula is C16H20N2O3. The smallest absolute Gasteiger partial charge is 0.269 e. The van der Waals surface area contributed by atoms with Gasteiger partial charge in [-0.1, -0.05) is 13.8 Å². The number of nitrogens with zero attached hydrogens (tertiary/aromatic N) is 1. The minimum Gasteiger partial charge on any atom is -0.350 e. The van der Waals surface area contributed by atoms with E-state index in [1.807, 2.05) is 0 Å². The van der Waals surface area contributed by atoms with Crippen LogP contribution in [0.2, 0.25) is 0 Å². The lowest BCUT2D eigenvalue weighted by molar-refractivity contribution is -0.384. The third kappa shape index (κ3) is 4.41. The van der Waals surface area contributed by atoms with Gasteiger partial charge < -0.3 is 5.32 Å². The van der Waals surface area contributed by atoms with Crippen molar-refractivity contribution in [2.75, 3.05) is 0 Å². The van der Waals surface area contributed by atoms with Gasteiger partial charge in [-0.05, 0) is 48.4 Å². The van der Waals surface area contributed by atoms with Crippen LogP contribution < -0.4 is 5.32 Å². The van der Waals surface area contributed by atoms with E-state index in [0.717, 1.165) is 24.8 Å². The Morgan fingerprint density at radius 1 is 1.38 bits per heavy atom. The number of benzene rings is 1. The van der Waals surface area contributed by atoms with Gasteiger partial charge in [-0.3, -0.25) is 14.9 Å². The zero-order valence-corrected chi connectivity index (χ0v) is 12.3. The monoisotopic (exact) mass is 288 g/mol. The average Bonchev–Trinajstić information content (AvgIpc) is 2.76. The van der Waals surface area contributed by atoms with Crippen LogP contribution in [-0.2, 0) is 4.79 Å². The first kappa shape index (κ1) is 15.2. The van der Waals surface area contributed by atoms with Crippen LogP contribution in [0.4, 0.5) is 5.69 Å². The molecule has 5 heteroatoms. The minimum atomic E-state index is -0.442. The molecule has 5 nitrogen and oxygen atoms in total. The molecule has 1 aromatic carbocycles. The molecule has 2 rings (SSSR count). The highest BCUT2D eigenvalue weighted by atomic mass is 16.6. The number of nitro benzene ring substituents is 1. The first-order chi connectivity index (χ1) is 9.85. The molecule has 21 heavy (non-hydrogen) atoms. The summed E-state index contributed by atoms with van der Waals surface area (Å²) in [5.41, 5.74) is 1.12. The Kier molecular flexibility index (Phi) is 4.40. The lowest BCUT2D eigenvalue weighted by atomic mass is 9.92. The molecule has 1 aliphatic carbocycles. The minimum absolute atomic E-state index is 0.0461. The van der Waals surface area contributed by atoms with Gasteiger partial charge in [0, 0.05) is 24.3 Å². The van der Waals surface area contributed by atoms with Crippen LogP contribution in [0.25, 0.3) is 6.08 Å². The zero-order chi connectivity index (χ0) is 15.5. The Morgan fingerprint density at radius 3 is 2.57 bits per heavy atom. The van der Waals surface area contributed by atoms with Gasteiger partial charge in [-0.25, -0.2) is 0 Å². The van der Waals surface area contributed by atoms with Gasteiger partial charge in [0.15, 0.2) is 0 Å². The van der Waals surface area contributed by atoms with Crippen LogP contribution in [0, 0.1) is 15.5 Å². The van der Waals surface area contributed by atoms with Crippen molar-refractivity contribution >= 4 is 17.7 Å². The normalized spacial score (nSPS) is 20.6. The molecule has 0 bridgehead atoms. The van der Waals surface area contributed by atoms with Crippen molar-refractivity contribution in [3.05, 3.63) is 46.0 Å². The standard InChI is InChI=1S/C16H20N2O3/c1-16(2)10-9-13(11-16)17-15(19)8-5-12-3-6-14(7-4-12)18(20)21/h3-8,13H,9-11H2,1-2H3,(H,17,19)/b8-5+. The second kappa shape index (κ2) is 6.08. The first-order valence-corrected chi connectivity index (χ1v) is 7.09. The van der Waals surface area contributed by atoms with Gasteiger partial charge in [-0.2, -0.15) is 0 Å². The Morgan fingerprint density at radius 2 is 2.05 bits per heavy atom. The predicted molar refractivity (Wildman–Crippen MR) is 81.7 cm³/mol. The fraction of sp³-hybridized carbons (Fsp3) is 0.438. The van der Waals surface area contributed by atoms with Gasteiger partial charge in [0.2, 0.25) is 5.91 Å². The molecule has 0 heterocycles. The molecule has 0 radical (unpaired) electrons. The molecule has 112 valence electrons. The highest BCUT2D eigenvalue weighted by Crippen LogP contribution is 2.36.